The van der Waals surface area contributed by atoms with Crippen molar-refractivity contribution in [3.05, 3.63) is 65.7 Å². The van der Waals surface area contributed by atoms with E-state index in [-0.39, 0.29) is 17.6 Å². The van der Waals surface area contributed by atoms with Gasteiger partial charge in [-0.3, -0.25) is 9.59 Å². The molecule has 1 fully saturated rings. The third kappa shape index (κ3) is 2.99. The molecule has 2 amide bonds. The zero-order valence-corrected chi connectivity index (χ0v) is 13.1. The molecule has 1 atom stereocenters. The lowest BCUT2D eigenvalue weighted by Gasteiger charge is -2.39. The molecule has 6 heteroatoms. The van der Waals surface area contributed by atoms with E-state index in [4.69, 9.17) is 0 Å². The standard InChI is InChI=1S/C18H16F2N2O2/c1-12-17(23)22(16-8-6-15(20)7-9-16)11-10-21(12)18(24)13-2-4-14(19)5-3-13/h2-9,12H,10-11H2,1H3/t12-/m0/s1. The third-order valence-corrected chi connectivity index (χ3v) is 4.15. The van der Waals surface area contributed by atoms with Gasteiger partial charge in [-0.2, -0.15) is 0 Å². The van der Waals surface area contributed by atoms with E-state index in [0.29, 0.717) is 24.3 Å². The van der Waals surface area contributed by atoms with E-state index in [0.717, 1.165) is 0 Å². The number of rotatable bonds is 2. The number of benzene rings is 2. The first-order chi connectivity index (χ1) is 11.5. The Morgan fingerprint density at radius 3 is 2.08 bits per heavy atom. The molecule has 0 bridgehead atoms. The lowest BCUT2D eigenvalue weighted by Crippen LogP contribution is -2.57. The second-order valence-corrected chi connectivity index (χ2v) is 5.65. The van der Waals surface area contributed by atoms with Gasteiger partial charge in [-0.15, -0.1) is 0 Å². The first-order valence-corrected chi connectivity index (χ1v) is 7.61. The number of anilines is 1. The summed E-state index contributed by atoms with van der Waals surface area (Å²) in [6.45, 7) is 2.32. The van der Waals surface area contributed by atoms with Crippen molar-refractivity contribution >= 4 is 17.5 Å². The number of halogens is 2. The van der Waals surface area contributed by atoms with Crippen LogP contribution in [-0.4, -0.2) is 35.8 Å². The molecule has 1 heterocycles. The van der Waals surface area contributed by atoms with Crippen LogP contribution >= 0.6 is 0 Å². The third-order valence-electron chi connectivity index (χ3n) is 4.15. The minimum atomic E-state index is -0.652. The molecule has 0 aromatic heterocycles. The number of nitrogens with zero attached hydrogens (tertiary/aromatic N) is 2. The van der Waals surface area contributed by atoms with Crippen molar-refractivity contribution in [2.24, 2.45) is 0 Å². The minimum absolute atomic E-state index is 0.233. The normalized spacial score (nSPS) is 18.0. The van der Waals surface area contributed by atoms with Crippen molar-refractivity contribution in [1.29, 1.82) is 0 Å². The van der Waals surface area contributed by atoms with Gasteiger partial charge in [-0.25, -0.2) is 8.78 Å². The molecule has 1 aliphatic heterocycles. The number of piperazine rings is 1. The van der Waals surface area contributed by atoms with E-state index in [2.05, 4.69) is 0 Å². The number of hydrogen-bond donors (Lipinski definition) is 0. The lowest BCUT2D eigenvalue weighted by atomic mass is 10.1. The summed E-state index contributed by atoms with van der Waals surface area (Å²) in [5.41, 5.74) is 0.938. The fourth-order valence-corrected chi connectivity index (χ4v) is 2.78. The number of carbonyl (C=O) groups is 2. The SMILES string of the molecule is C[C@H]1C(=O)N(c2ccc(F)cc2)CCN1C(=O)c1ccc(F)cc1. The van der Waals surface area contributed by atoms with E-state index in [9.17, 15) is 18.4 Å². The molecule has 1 aliphatic rings. The van der Waals surface area contributed by atoms with Gasteiger partial charge in [0, 0.05) is 24.3 Å². The van der Waals surface area contributed by atoms with Gasteiger partial charge < -0.3 is 9.80 Å². The van der Waals surface area contributed by atoms with Crippen LogP contribution in [-0.2, 0) is 4.79 Å². The largest absolute Gasteiger partial charge is 0.325 e. The Balaban J connectivity index is 1.78. The van der Waals surface area contributed by atoms with Crippen LogP contribution in [0.4, 0.5) is 14.5 Å². The van der Waals surface area contributed by atoms with E-state index in [1.807, 2.05) is 0 Å². The van der Waals surface area contributed by atoms with Gasteiger partial charge in [-0.1, -0.05) is 0 Å². The van der Waals surface area contributed by atoms with E-state index < -0.39 is 11.9 Å². The second kappa shape index (κ2) is 6.39. The summed E-state index contributed by atoms with van der Waals surface area (Å²) in [5, 5.41) is 0. The van der Waals surface area contributed by atoms with Crippen LogP contribution in [0.3, 0.4) is 0 Å². The molecule has 0 aliphatic carbocycles. The van der Waals surface area contributed by atoms with Gasteiger partial charge in [0.1, 0.15) is 17.7 Å². The zero-order valence-electron chi connectivity index (χ0n) is 13.1. The maximum absolute atomic E-state index is 13.0. The summed E-state index contributed by atoms with van der Waals surface area (Å²) in [6, 6.07) is 10.3. The summed E-state index contributed by atoms with van der Waals surface area (Å²) in [6.07, 6.45) is 0. The fraction of sp³-hybridized carbons (Fsp3) is 0.222. The van der Waals surface area contributed by atoms with Gasteiger partial charge in [0.05, 0.1) is 0 Å². The molecule has 124 valence electrons. The van der Waals surface area contributed by atoms with Gasteiger partial charge in [-0.05, 0) is 55.5 Å². The molecule has 0 unspecified atom stereocenters. The van der Waals surface area contributed by atoms with Crippen molar-refractivity contribution in [2.75, 3.05) is 18.0 Å². The number of amides is 2. The highest BCUT2D eigenvalue weighted by Crippen LogP contribution is 2.22. The molecular formula is C18H16F2N2O2. The Labute approximate surface area is 138 Å². The van der Waals surface area contributed by atoms with Crippen LogP contribution in [0.1, 0.15) is 17.3 Å². The summed E-state index contributed by atoms with van der Waals surface area (Å²) < 4.78 is 26.0. The topological polar surface area (TPSA) is 40.6 Å². The predicted octanol–water partition coefficient (Wildman–Crippen LogP) is 2.84. The van der Waals surface area contributed by atoms with Crippen molar-refractivity contribution < 1.29 is 18.4 Å². The van der Waals surface area contributed by atoms with E-state index in [1.54, 1.807) is 11.8 Å². The second-order valence-electron chi connectivity index (χ2n) is 5.65. The quantitative estimate of drug-likeness (QED) is 0.849. The lowest BCUT2D eigenvalue weighted by molar-refractivity contribution is -0.124. The van der Waals surface area contributed by atoms with Crippen molar-refractivity contribution in [1.82, 2.24) is 4.90 Å². The van der Waals surface area contributed by atoms with Crippen LogP contribution in [0.5, 0.6) is 0 Å². The average Bonchev–Trinajstić information content (AvgIpc) is 2.58. The molecule has 0 saturated carbocycles. The summed E-state index contributed by atoms with van der Waals surface area (Å²) in [4.78, 5) is 28.1. The Morgan fingerprint density at radius 2 is 1.50 bits per heavy atom. The predicted molar refractivity (Wildman–Crippen MR) is 85.7 cm³/mol. The van der Waals surface area contributed by atoms with E-state index >= 15 is 0 Å². The number of carbonyl (C=O) groups excluding carboxylic acids is 2. The van der Waals surface area contributed by atoms with Crippen LogP contribution in [0.15, 0.2) is 48.5 Å². The molecule has 0 spiro atoms. The smallest absolute Gasteiger partial charge is 0.254 e. The van der Waals surface area contributed by atoms with Crippen molar-refractivity contribution in [2.45, 2.75) is 13.0 Å². The Hall–Kier alpha value is -2.76. The summed E-state index contributed by atoms with van der Waals surface area (Å²) in [7, 11) is 0. The highest BCUT2D eigenvalue weighted by atomic mass is 19.1. The van der Waals surface area contributed by atoms with Gasteiger partial charge >= 0.3 is 0 Å². The first-order valence-electron chi connectivity index (χ1n) is 7.61. The van der Waals surface area contributed by atoms with Crippen LogP contribution in [0.25, 0.3) is 0 Å². The number of hydrogen-bond acceptors (Lipinski definition) is 2. The van der Waals surface area contributed by atoms with Gasteiger partial charge in [0.15, 0.2) is 0 Å². The molecule has 2 aromatic rings. The molecule has 24 heavy (non-hydrogen) atoms. The van der Waals surface area contributed by atoms with E-state index in [1.165, 1.54) is 53.4 Å². The molecule has 0 radical (unpaired) electrons. The highest BCUT2D eigenvalue weighted by molar-refractivity contribution is 6.03. The summed E-state index contributed by atoms with van der Waals surface area (Å²) in [5.74, 6) is -1.33. The first kappa shape index (κ1) is 16.1. The Morgan fingerprint density at radius 1 is 0.958 bits per heavy atom. The molecule has 2 aromatic carbocycles. The van der Waals surface area contributed by atoms with Crippen LogP contribution in [0.2, 0.25) is 0 Å². The average molecular weight is 330 g/mol. The maximum atomic E-state index is 13.0. The molecule has 4 nitrogen and oxygen atoms in total. The van der Waals surface area contributed by atoms with Crippen LogP contribution < -0.4 is 4.90 Å². The summed E-state index contributed by atoms with van der Waals surface area (Å²) >= 11 is 0. The van der Waals surface area contributed by atoms with Gasteiger partial charge in [0.25, 0.3) is 5.91 Å². The highest BCUT2D eigenvalue weighted by Gasteiger charge is 2.35. The Bertz CT molecular complexity index is 760. The molecule has 3 rings (SSSR count). The molecule has 0 N–H and O–H groups in total. The zero-order chi connectivity index (χ0) is 17.3. The molecule has 1 saturated heterocycles. The van der Waals surface area contributed by atoms with Gasteiger partial charge in [0.2, 0.25) is 5.91 Å². The van der Waals surface area contributed by atoms with Crippen molar-refractivity contribution in [3.8, 4) is 0 Å². The minimum Gasteiger partial charge on any atom is -0.325 e. The fourth-order valence-electron chi connectivity index (χ4n) is 2.78. The van der Waals surface area contributed by atoms with Crippen molar-refractivity contribution in [3.63, 3.8) is 0 Å². The molecular weight excluding hydrogens is 314 g/mol. The Kier molecular flexibility index (Phi) is 4.29. The van der Waals surface area contributed by atoms with Crippen LogP contribution in [0, 0.1) is 11.6 Å². The monoisotopic (exact) mass is 330 g/mol. The maximum Gasteiger partial charge on any atom is 0.254 e.